The van der Waals surface area contributed by atoms with Crippen LogP contribution < -0.4 is 26.1 Å². The number of rotatable bonds is 5. The normalized spacial score (nSPS) is 10.0. The summed E-state index contributed by atoms with van der Waals surface area (Å²) in [6, 6.07) is 4.43. The van der Waals surface area contributed by atoms with Crippen LogP contribution in [-0.4, -0.2) is 29.2 Å². The van der Waals surface area contributed by atoms with Crippen LogP contribution in [0.5, 0.6) is 11.8 Å². The number of benzene rings is 1. The predicted molar refractivity (Wildman–Crippen MR) is 70.4 cm³/mol. The third kappa shape index (κ3) is 3.01. The maximum atomic E-state index is 13.6. The van der Waals surface area contributed by atoms with Crippen molar-refractivity contribution >= 4 is 17.6 Å². The molecule has 0 radical (unpaired) electrons. The number of methoxy groups -OCH3 is 2. The van der Waals surface area contributed by atoms with Crippen LogP contribution in [0.1, 0.15) is 0 Å². The summed E-state index contributed by atoms with van der Waals surface area (Å²) in [6.07, 6.45) is 0. The molecule has 0 atom stereocenters. The van der Waals surface area contributed by atoms with Gasteiger partial charge in [0.1, 0.15) is 0 Å². The number of hydrogen-bond acceptors (Lipinski definition) is 8. The maximum Gasteiger partial charge on any atom is 0.322 e. The number of nitrogen functional groups attached to an aromatic ring is 1. The van der Waals surface area contributed by atoms with E-state index in [1.54, 1.807) is 6.07 Å². The highest BCUT2D eigenvalue weighted by Crippen LogP contribution is 2.23. The number of hydrazine groups is 1. The van der Waals surface area contributed by atoms with E-state index in [4.69, 9.17) is 15.3 Å². The zero-order valence-corrected chi connectivity index (χ0v) is 10.8. The maximum absolute atomic E-state index is 13.6. The second kappa shape index (κ2) is 5.97. The van der Waals surface area contributed by atoms with Crippen LogP contribution in [0, 0.1) is 5.82 Å². The van der Waals surface area contributed by atoms with Crippen molar-refractivity contribution in [3.05, 3.63) is 24.0 Å². The Kier molecular flexibility index (Phi) is 4.11. The van der Waals surface area contributed by atoms with Crippen LogP contribution in [0.3, 0.4) is 0 Å². The molecule has 0 fully saturated rings. The van der Waals surface area contributed by atoms with Crippen molar-refractivity contribution < 1.29 is 13.9 Å². The fraction of sp³-hybridized carbons (Fsp3) is 0.182. The van der Waals surface area contributed by atoms with Gasteiger partial charge in [-0.3, -0.25) is 5.43 Å². The summed E-state index contributed by atoms with van der Waals surface area (Å²) in [5.41, 5.74) is 2.73. The molecule has 0 spiro atoms. The van der Waals surface area contributed by atoms with E-state index in [2.05, 4.69) is 25.7 Å². The van der Waals surface area contributed by atoms with E-state index >= 15 is 0 Å². The first-order valence-corrected chi connectivity index (χ1v) is 5.53. The molecule has 4 N–H and O–H groups in total. The van der Waals surface area contributed by atoms with Crippen LogP contribution in [0.2, 0.25) is 0 Å². The Hall–Kier alpha value is -2.68. The molecular formula is C11H13FN6O2. The number of hydrogen-bond donors (Lipinski definition) is 3. The number of halogens is 1. The summed E-state index contributed by atoms with van der Waals surface area (Å²) in [5, 5.41) is 2.81. The molecule has 2 aromatic rings. The van der Waals surface area contributed by atoms with E-state index in [1.807, 2.05) is 0 Å². The van der Waals surface area contributed by atoms with Gasteiger partial charge in [-0.25, -0.2) is 10.2 Å². The van der Waals surface area contributed by atoms with Crippen molar-refractivity contribution in [2.45, 2.75) is 0 Å². The van der Waals surface area contributed by atoms with Gasteiger partial charge < -0.3 is 14.8 Å². The highest BCUT2D eigenvalue weighted by Gasteiger charge is 2.08. The van der Waals surface area contributed by atoms with Crippen molar-refractivity contribution in [3.8, 4) is 11.8 Å². The van der Waals surface area contributed by atoms with E-state index in [-0.39, 0.29) is 23.7 Å². The lowest BCUT2D eigenvalue weighted by molar-refractivity contribution is 0.379. The molecule has 0 bridgehead atoms. The Balaban J connectivity index is 2.27. The highest BCUT2D eigenvalue weighted by atomic mass is 19.1. The highest BCUT2D eigenvalue weighted by molar-refractivity contribution is 5.56. The van der Waals surface area contributed by atoms with Gasteiger partial charge in [-0.15, -0.1) is 0 Å². The summed E-state index contributed by atoms with van der Waals surface area (Å²) in [4.78, 5) is 11.8. The molecular weight excluding hydrogens is 267 g/mol. The van der Waals surface area contributed by atoms with Gasteiger partial charge in [-0.2, -0.15) is 15.0 Å². The average Bonchev–Trinajstić information content (AvgIpc) is 2.47. The van der Waals surface area contributed by atoms with Crippen LogP contribution >= 0.6 is 0 Å². The molecule has 2 rings (SSSR count). The van der Waals surface area contributed by atoms with Crippen molar-refractivity contribution in [3.63, 3.8) is 0 Å². The molecule has 8 nitrogen and oxygen atoms in total. The summed E-state index contributed by atoms with van der Waals surface area (Å²) in [7, 11) is 2.80. The number of nitrogens with two attached hydrogens (primary N) is 1. The lowest BCUT2D eigenvalue weighted by Crippen LogP contribution is -2.13. The SMILES string of the molecule is COc1nc(NN)nc(Nc2ccc(OC)c(F)c2)n1. The Morgan fingerprint density at radius 2 is 1.85 bits per heavy atom. The largest absolute Gasteiger partial charge is 0.494 e. The Morgan fingerprint density at radius 1 is 1.10 bits per heavy atom. The molecule has 0 saturated carbocycles. The minimum atomic E-state index is -0.504. The van der Waals surface area contributed by atoms with Gasteiger partial charge in [-0.05, 0) is 12.1 Å². The quantitative estimate of drug-likeness (QED) is 0.551. The third-order valence-corrected chi connectivity index (χ3v) is 2.33. The van der Waals surface area contributed by atoms with Crippen molar-refractivity contribution in [1.29, 1.82) is 0 Å². The third-order valence-electron chi connectivity index (χ3n) is 2.33. The molecule has 0 aliphatic rings. The Morgan fingerprint density at radius 3 is 2.45 bits per heavy atom. The summed E-state index contributed by atoms with van der Waals surface area (Å²) >= 11 is 0. The van der Waals surface area contributed by atoms with E-state index in [0.29, 0.717) is 5.69 Å². The molecule has 106 valence electrons. The minimum absolute atomic E-state index is 0.0735. The Bertz CT molecular complexity index is 587. The standard InChI is InChI=1S/C11H13FN6O2/c1-19-8-4-3-6(5-7(8)12)14-9-15-10(18-13)17-11(16-9)20-2/h3-5H,13H2,1-2H3,(H2,14,15,16,17,18). The number of nitrogens with one attached hydrogen (secondary N) is 2. The number of ether oxygens (including phenoxy) is 2. The van der Waals surface area contributed by atoms with E-state index < -0.39 is 5.82 Å². The van der Waals surface area contributed by atoms with E-state index in [9.17, 15) is 4.39 Å². The molecule has 0 amide bonds. The zero-order valence-electron chi connectivity index (χ0n) is 10.8. The molecule has 1 heterocycles. The van der Waals surface area contributed by atoms with E-state index in [1.165, 1.54) is 26.4 Å². The van der Waals surface area contributed by atoms with Gasteiger partial charge in [0.25, 0.3) is 0 Å². The van der Waals surface area contributed by atoms with Gasteiger partial charge in [0.2, 0.25) is 11.9 Å². The smallest absolute Gasteiger partial charge is 0.322 e. The minimum Gasteiger partial charge on any atom is -0.494 e. The lowest BCUT2D eigenvalue weighted by atomic mass is 10.3. The van der Waals surface area contributed by atoms with Crippen molar-refractivity contribution in [2.24, 2.45) is 5.84 Å². The topological polar surface area (TPSA) is 107 Å². The van der Waals surface area contributed by atoms with Gasteiger partial charge in [0.05, 0.1) is 14.2 Å². The number of nitrogens with zero attached hydrogens (tertiary/aromatic N) is 3. The summed E-state index contributed by atoms with van der Waals surface area (Å²) < 4.78 is 23.3. The molecule has 0 aliphatic heterocycles. The van der Waals surface area contributed by atoms with Gasteiger partial charge >= 0.3 is 6.01 Å². The Labute approximate surface area is 114 Å². The molecule has 1 aromatic carbocycles. The molecule has 1 aromatic heterocycles. The van der Waals surface area contributed by atoms with Crippen LogP contribution in [-0.2, 0) is 0 Å². The fourth-order valence-corrected chi connectivity index (χ4v) is 1.44. The number of aromatic nitrogens is 3. The van der Waals surface area contributed by atoms with Crippen molar-refractivity contribution in [1.82, 2.24) is 15.0 Å². The molecule has 20 heavy (non-hydrogen) atoms. The molecule has 9 heteroatoms. The average molecular weight is 280 g/mol. The van der Waals surface area contributed by atoms with Gasteiger partial charge in [0.15, 0.2) is 11.6 Å². The van der Waals surface area contributed by atoms with Gasteiger partial charge in [0, 0.05) is 11.8 Å². The monoisotopic (exact) mass is 280 g/mol. The van der Waals surface area contributed by atoms with Gasteiger partial charge in [-0.1, -0.05) is 0 Å². The first-order chi connectivity index (χ1) is 9.66. The first kappa shape index (κ1) is 13.7. The fourth-order valence-electron chi connectivity index (χ4n) is 1.44. The second-order valence-corrected chi connectivity index (χ2v) is 3.59. The van der Waals surface area contributed by atoms with Crippen LogP contribution in [0.25, 0.3) is 0 Å². The molecule has 0 saturated heterocycles. The summed E-state index contributed by atoms with van der Waals surface area (Å²) in [6.45, 7) is 0. The summed E-state index contributed by atoms with van der Waals surface area (Å²) in [5.74, 6) is 5.16. The zero-order chi connectivity index (χ0) is 14.5. The lowest BCUT2D eigenvalue weighted by Gasteiger charge is -2.09. The first-order valence-electron chi connectivity index (χ1n) is 5.53. The van der Waals surface area contributed by atoms with E-state index in [0.717, 1.165) is 0 Å². The second-order valence-electron chi connectivity index (χ2n) is 3.59. The predicted octanol–water partition coefficient (Wildman–Crippen LogP) is 1.06. The van der Waals surface area contributed by atoms with Crippen LogP contribution in [0.4, 0.5) is 22.0 Å². The van der Waals surface area contributed by atoms with Crippen molar-refractivity contribution in [2.75, 3.05) is 25.0 Å². The molecule has 0 unspecified atom stereocenters. The van der Waals surface area contributed by atoms with Crippen LogP contribution in [0.15, 0.2) is 18.2 Å². The number of anilines is 3. The molecule has 0 aliphatic carbocycles.